The van der Waals surface area contributed by atoms with Gasteiger partial charge in [-0.3, -0.25) is 4.79 Å². The van der Waals surface area contributed by atoms with Crippen molar-refractivity contribution in [2.45, 2.75) is 6.42 Å². The van der Waals surface area contributed by atoms with Gasteiger partial charge in [-0.25, -0.2) is 0 Å². The van der Waals surface area contributed by atoms with Crippen LogP contribution in [0.3, 0.4) is 0 Å². The predicted molar refractivity (Wildman–Crippen MR) is 117 cm³/mol. The number of ether oxygens (including phenoxy) is 1. The van der Waals surface area contributed by atoms with Crippen LogP contribution in [-0.2, 0) is 11.2 Å². The zero-order valence-corrected chi connectivity index (χ0v) is 19.4. The molecular weight excluding hydrogens is 740 g/mol. The van der Waals surface area contributed by atoms with Crippen LogP contribution in [0.25, 0.3) is 0 Å². The molecule has 0 unspecified atom stereocenters. The number of benzene rings is 2. The van der Waals surface area contributed by atoms with Gasteiger partial charge in [0.15, 0.2) is 5.75 Å². The van der Waals surface area contributed by atoms with E-state index in [2.05, 4.69) is 67.8 Å². The molecule has 8 heteroatoms. The normalized spacial score (nSPS) is 10.5. The second-order valence-corrected chi connectivity index (χ2v) is 8.94. The smallest absolute Gasteiger partial charge is 0.307 e. The summed E-state index contributed by atoms with van der Waals surface area (Å²) in [6, 6.07) is 7.04. The van der Waals surface area contributed by atoms with Crippen LogP contribution in [-0.4, -0.2) is 16.2 Å². The second kappa shape index (κ2) is 8.00. The van der Waals surface area contributed by atoms with Crippen LogP contribution in [0.2, 0.25) is 0 Å². The molecule has 0 spiro atoms. The van der Waals surface area contributed by atoms with E-state index in [-0.39, 0.29) is 12.2 Å². The molecule has 22 heavy (non-hydrogen) atoms. The number of hydrogen-bond donors (Lipinski definition) is 2. The van der Waals surface area contributed by atoms with Gasteiger partial charge in [-0.15, -0.1) is 0 Å². The fourth-order valence-corrected chi connectivity index (χ4v) is 4.81. The summed E-state index contributed by atoms with van der Waals surface area (Å²) in [6.07, 6.45) is -0.0130. The van der Waals surface area contributed by atoms with Crippen molar-refractivity contribution in [3.05, 3.63) is 44.1 Å². The Balaban J connectivity index is 2.38. The van der Waals surface area contributed by atoms with Crippen molar-refractivity contribution >= 4 is 96.3 Å². The highest BCUT2D eigenvalue weighted by Crippen LogP contribution is 2.37. The minimum atomic E-state index is -0.858. The average Bonchev–Trinajstić information content (AvgIpc) is 2.38. The topological polar surface area (TPSA) is 66.8 Å². The molecule has 2 N–H and O–H groups in total. The molecule has 4 nitrogen and oxygen atoms in total. The van der Waals surface area contributed by atoms with Gasteiger partial charge in [-0.05, 0) is 120 Å². The highest BCUT2D eigenvalue weighted by atomic mass is 127. The molecule has 0 saturated carbocycles. The Morgan fingerprint density at radius 1 is 0.955 bits per heavy atom. The van der Waals surface area contributed by atoms with Crippen molar-refractivity contribution < 1.29 is 19.7 Å². The van der Waals surface area contributed by atoms with E-state index in [0.717, 1.165) is 16.3 Å². The van der Waals surface area contributed by atoms with Crippen LogP contribution in [0.5, 0.6) is 17.2 Å². The summed E-state index contributed by atoms with van der Waals surface area (Å²) in [4.78, 5) is 10.8. The fraction of sp³-hybridized carbons (Fsp3) is 0.0714. The molecule has 0 aromatic heterocycles. The Bertz CT molecular complexity index is 723. The van der Waals surface area contributed by atoms with Crippen LogP contribution in [0.15, 0.2) is 24.3 Å². The highest BCUT2D eigenvalue weighted by Gasteiger charge is 2.14. The fourth-order valence-electron chi connectivity index (χ4n) is 1.69. The van der Waals surface area contributed by atoms with E-state index in [4.69, 9.17) is 9.84 Å². The van der Waals surface area contributed by atoms with Crippen molar-refractivity contribution in [2.75, 3.05) is 0 Å². The molecule has 0 aliphatic heterocycles. The third-order valence-corrected chi connectivity index (χ3v) is 5.94. The van der Waals surface area contributed by atoms with Crippen LogP contribution >= 0.6 is 90.4 Å². The molecule has 0 heterocycles. The average molecular weight is 748 g/mol. The Hall–Kier alpha value is 0.430. The van der Waals surface area contributed by atoms with Crippen molar-refractivity contribution in [2.24, 2.45) is 0 Å². The SMILES string of the molecule is O=C(O)Cc1cc(I)c(Oc2cc(I)c(O)cc2I)c(I)c1. The first-order valence-electron chi connectivity index (χ1n) is 5.83. The maximum absolute atomic E-state index is 10.8. The minimum Gasteiger partial charge on any atom is -0.507 e. The summed E-state index contributed by atoms with van der Waals surface area (Å²) in [7, 11) is 0. The van der Waals surface area contributed by atoms with Gasteiger partial charge in [-0.1, -0.05) is 0 Å². The van der Waals surface area contributed by atoms with Crippen molar-refractivity contribution in [3.63, 3.8) is 0 Å². The van der Waals surface area contributed by atoms with Gasteiger partial charge < -0.3 is 14.9 Å². The first kappa shape index (κ1) is 18.8. The lowest BCUT2D eigenvalue weighted by atomic mass is 10.1. The quantitative estimate of drug-likeness (QED) is 0.421. The van der Waals surface area contributed by atoms with Gasteiger partial charge in [0.05, 0.1) is 20.7 Å². The van der Waals surface area contributed by atoms with Gasteiger partial charge in [0, 0.05) is 0 Å². The number of carboxylic acid groups (broad SMARTS) is 1. The molecule has 116 valence electrons. The van der Waals surface area contributed by atoms with Gasteiger partial charge in [0.1, 0.15) is 11.5 Å². The summed E-state index contributed by atoms with van der Waals surface area (Å²) in [5.74, 6) is 0.709. The molecular formula is C14H8I4O4. The van der Waals surface area contributed by atoms with Crippen molar-refractivity contribution in [1.29, 1.82) is 0 Å². The van der Waals surface area contributed by atoms with E-state index >= 15 is 0 Å². The van der Waals surface area contributed by atoms with Gasteiger partial charge in [0.2, 0.25) is 0 Å². The summed E-state index contributed by atoms with van der Waals surface area (Å²) < 4.78 is 9.19. The van der Waals surface area contributed by atoms with E-state index in [1.807, 2.05) is 34.7 Å². The Labute approximate surface area is 181 Å². The highest BCUT2D eigenvalue weighted by molar-refractivity contribution is 14.1. The molecule has 0 saturated heterocycles. The van der Waals surface area contributed by atoms with E-state index in [1.54, 1.807) is 12.1 Å². The number of aromatic hydroxyl groups is 1. The molecule has 0 aliphatic carbocycles. The monoisotopic (exact) mass is 748 g/mol. The van der Waals surface area contributed by atoms with E-state index in [9.17, 15) is 9.90 Å². The maximum atomic E-state index is 10.8. The standard InChI is InChI=1S/C14H8I4O4/c15-7-5-12(8(16)4-11(7)19)22-14-9(17)1-6(2-10(14)18)3-13(20)21/h1-2,4-5,19H,3H2,(H,20,21). The van der Waals surface area contributed by atoms with Gasteiger partial charge in [0.25, 0.3) is 0 Å². The van der Waals surface area contributed by atoms with E-state index < -0.39 is 5.97 Å². The molecule has 2 aromatic rings. The predicted octanol–water partition coefficient (Wildman–Crippen LogP) is 5.23. The number of phenolic OH excluding ortho intramolecular Hbond substituents is 1. The van der Waals surface area contributed by atoms with Crippen LogP contribution in [0.1, 0.15) is 5.56 Å². The molecule has 0 amide bonds. The van der Waals surface area contributed by atoms with E-state index in [0.29, 0.717) is 15.1 Å². The number of carboxylic acids is 1. The van der Waals surface area contributed by atoms with Gasteiger partial charge >= 0.3 is 5.97 Å². The lowest BCUT2D eigenvalue weighted by molar-refractivity contribution is -0.136. The molecule has 2 rings (SSSR count). The van der Waals surface area contributed by atoms with Crippen LogP contribution < -0.4 is 4.74 Å². The van der Waals surface area contributed by atoms with Crippen molar-refractivity contribution in [1.82, 2.24) is 0 Å². The first-order chi connectivity index (χ1) is 10.3. The lowest BCUT2D eigenvalue weighted by Gasteiger charge is -2.13. The molecule has 0 bridgehead atoms. The Morgan fingerprint density at radius 3 is 2.09 bits per heavy atom. The zero-order chi connectivity index (χ0) is 16.4. The second-order valence-electron chi connectivity index (χ2n) is 4.30. The number of carbonyl (C=O) groups is 1. The first-order valence-corrected chi connectivity index (χ1v) is 10.1. The summed E-state index contributed by atoms with van der Waals surface area (Å²) in [6.45, 7) is 0. The Morgan fingerprint density at radius 2 is 1.55 bits per heavy atom. The number of aliphatic carboxylic acids is 1. The summed E-state index contributed by atoms with van der Waals surface area (Å²) in [5.41, 5.74) is 0.739. The number of hydrogen-bond acceptors (Lipinski definition) is 3. The van der Waals surface area contributed by atoms with E-state index in [1.165, 1.54) is 0 Å². The molecule has 2 aromatic carbocycles. The number of phenols is 1. The third-order valence-electron chi connectivity index (χ3n) is 2.63. The van der Waals surface area contributed by atoms with Crippen LogP contribution in [0, 0.1) is 14.3 Å². The number of halogens is 4. The zero-order valence-electron chi connectivity index (χ0n) is 10.7. The Kier molecular flexibility index (Phi) is 6.83. The van der Waals surface area contributed by atoms with Gasteiger partial charge in [-0.2, -0.15) is 0 Å². The maximum Gasteiger partial charge on any atom is 0.307 e. The van der Waals surface area contributed by atoms with Crippen LogP contribution in [0.4, 0.5) is 0 Å². The third kappa shape index (κ3) is 4.72. The summed E-state index contributed by atoms with van der Waals surface area (Å²) >= 11 is 8.42. The molecule has 0 atom stereocenters. The molecule has 0 aliphatic rings. The number of rotatable bonds is 4. The largest absolute Gasteiger partial charge is 0.507 e. The minimum absolute atomic E-state index is 0.0130. The summed E-state index contributed by atoms with van der Waals surface area (Å²) in [5, 5.41) is 18.6. The lowest BCUT2D eigenvalue weighted by Crippen LogP contribution is -2.02. The van der Waals surface area contributed by atoms with Crippen molar-refractivity contribution in [3.8, 4) is 17.2 Å². The molecule has 0 fully saturated rings. The molecule has 0 radical (unpaired) electrons.